The number of aromatic nitrogens is 3. The summed E-state index contributed by atoms with van der Waals surface area (Å²) in [4.78, 5) is 1.59. The highest BCUT2D eigenvalue weighted by Gasteiger charge is 2.06. The summed E-state index contributed by atoms with van der Waals surface area (Å²) in [5.74, 6) is 0.284. The Morgan fingerprint density at radius 3 is 2.50 bits per heavy atom. The van der Waals surface area contributed by atoms with Crippen molar-refractivity contribution in [2.75, 3.05) is 0 Å². The first-order valence-corrected chi connectivity index (χ1v) is 5.77. The van der Waals surface area contributed by atoms with Gasteiger partial charge in [-0.15, -0.1) is 10.2 Å². The van der Waals surface area contributed by atoms with Crippen LogP contribution in [0.1, 0.15) is 11.1 Å². The van der Waals surface area contributed by atoms with Gasteiger partial charge in [-0.25, -0.2) is 0 Å². The summed E-state index contributed by atoms with van der Waals surface area (Å²) in [6.45, 7) is 3.88. The maximum atomic E-state index is 9.52. The number of aromatic hydroxyl groups is 1. The number of hydrogen-bond acceptors (Lipinski definition) is 3. The van der Waals surface area contributed by atoms with Crippen LogP contribution in [0.25, 0.3) is 16.7 Å². The third-order valence-electron chi connectivity index (χ3n) is 2.95. The molecule has 3 aromatic rings. The van der Waals surface area contributed by atoms with Crippen LogP contribution >= 0.6 is 0 Å². The minimum Gasteiger partial charge on any atom is -0.508 e. The highest BCUT2D eigenvalue weighted by atomic mass is 16.3. The molecule has 0 amide bonds. The van der Waals surface area contributed by atoms with E-state index in [0.29, 0.717) is 0 Å². The zero-order valence-corrected chi connectivity index (χ0v) is 10.3. The lowest BCUT2D eigenvalue weighted by atomic mass is 10.2. The molecule has 0 unspecified atom stereocenters. The van der Waals surface area contributed by atoms with Gasteiger partial charge < -0.3 is 5.11 Å². The van der Waals surface area contributed by atoms with Crippen LogP contribution < -0.4 is 0 Å². The molecule has 0 spiro atoms. The zero-order chi connectivity index (χ0) is 12.7. The molecule has 0 radical (unpaired) electrons. The van der Waals surface area contributed by atoms with Crippen molar-refractivity contribution in [2.45, 2.75) is 13.8 Å². The summed E-state index contributed by atoms with van der Waals surface area (Å²) in [6.07, 6.45) is 0. The molecule has 0 saturated carbocycles. The van der Waals surface area contributed by atoms with E-state index in [-0.39, 0.29) is 5.75 Å². The van der Waals surface area contributed by atoms with E-state index in [1.54, 1.807) is 16.9 Å². The highest BCUT2D eigenvalue weighted by molar-refractivity contribution is 5.74. The molecule has 1 aromatic heterocycles. The molecule has 1 N–H and O–H groups in total. The zero-order valence-electron chi connectivity index (χ0n) is 10.3. The van der Waals surface area contributed by atoms with Crippen LogP contribution in [0.3, 0.4) is 0 Å². The number of fused-ring (bicyclic) bond motifs is 1. The molecule has 3 rings (SSSR count). The van der Waals surface area contributed by atoms with Crippen LogP contribution in [-0.4, -0.2) is 20.1 Å². The van der Waals surface area contributed by atoms with Gasteiger partial charge in [0.25, 0.3) is 0 Å². The van der Waals surface area contributed by atoms with Gasteiger partial charge in [0.05, 0.1) is 5.69 Å². The molecule has 0 atom stereocenters. The first-order chi connectivity index (χ1) is 8.63. The molecule has 0 bridgehead atoms. The van der Waals surface area contributed by atoms with E-state index in [2.05, 4.69) is 10.2 Å². The molecule has 0 saturated heterocycles. The van der Waals surface area contributed by atoms with Crippen LogP contribution in [0, 0.1) is 13.8 Å². The van der Waals surface area contributed by atoms with Crippen LogP contribution in [0.4, 0.5) is 0 Å². The number of aryl methyl sites for hydroxylation is 2. The first-order valence-electron chi connectivity index (χ1n) is 5.77. The van der Waals surface area contributed by atoms with Gasteiger partial charge in [-0.2, -0.15) is 4.80 Å². The van der Waals surface area contributed by atoms with Crippen LogP contribution in [0.2, 0.25) is 0 Å². The molecule has 2 aromatic carbocycles. The van der Waals surface area contributed by atoms with E-state index in [1.807, 2.05) is 38.1 Å². The fraction of sp³-hybridized carbons (Fsp3) is 0.143. The second-order valence-corrected chi connectivity index (χ2v) is 4.45. The van der Waals surface area contributed by atoms with Gasteiger partial charge in [0.15, 0.2) is 0 Å². The second kappa shape index (κ2) is 3.84. The smallest absolute Gasteiger partial charge is 0.118 e. The highest BCUT2D eigenvalue weighted by Crippen LogP contribution is 2.20. The van der Waals surface area contributed by atoms with Gasteiger partial charge in [0, 0.05) is 0 Å². The number of hydrogen-bond donors (Lipinski definition) is 1. The molecule has 0 fully saturated rings. The normalized spacial score (nSPS) is 11.0. The number of phenolic OH excluding ortho intramolecular Hbond substituents is 1. The molecule has 4 heteroatoms. The Morgan fingerprint density at radius 2 is 1.72 bits per heavy atom. The number of phenols is 1. The number of rotatable bonds is 1. The average Bonchev–Trinajstić information content (AvgIpc) is 2.75. The molecular formula is C14H13N3O. The van der Waals surface area contributed by atoms with Crippen molar-refractivity contribution >= 4 is 11.0 Å². The predicted molar refractivity (Wildman–Crippen MR) is 70.0 cm³/mol. The average molecular weight is 239 g/mol. The molecule has 0 aliphatic heterocycles. The van der Waals surface area contributed by atoms with Gasteiger partial charge in [-0.05, 0) is 55.3 Å². The minimum atomic E-state index is 0.284. The molecular weight excluding hydrogens is 226 g/mol. The van der Waals surface area contributed by atoms with E-state index in [9.17, 15) is 5.11 Å². The SMILES string of the molecule is Cc1ccc2nn(-c3ccc(O)c(C)c3)nc2c1. The lowest BCUT2D eigenvalue weighted by Crippen LogP contribution is -1.98. The maximum Gasteiger partial charge on any atom is 0.118 e. The monoisotopic (exact) mass is 239 g/mol. The van der Waals surface area contributed by atoms with Crippen molar-refractivity contribution < 1.29 is 5.11 Å². The Kier molecular flexibility index (Phi) is 2.30. The van der Waals surface area contributed by atoms with Crippen LogP contribution in [-0.2, 0) is 0 Å². The molecule has 0 aliphatic rings. The third kappa shape index (κ3) is 1.72. The molecule has 18 heavy (non-hydrogen) atoms. The largest absolute Gasteiger partial charge is 0.508 e. The van der Waals surface area contributed by atoms with Crippen molar-refractivity contribution in [2.24, 2.45) is 0 Å². The number of nitrogens with zero attached hydrogens (tertiary/aromatic N) is 3. The standard InChI is InChI=1S/C14H13N3O/c1-9-3-5-12-13(7-9)16-17(15-12)11-4-6-14(18)10(2)8-11/h3-8,18H,1-2H3. The first kappa shape index (κ1) is 10.8. The maximum absolute atomic E-state index is 9.52. The summed E-state index contributed by atoms with van der Waals surface area (Å²) in [6, 6.07) is 11.3. The Morgan fingerprint density at radius 1 is 0.944 bits per heavy atom. The fourth-order valence-corrected chi connectivity index (χ4v) is 1.90. The summed E-state index contributed by atoms with van der Waals surface area (Å²) in [7, 11) is 0. The second-order valence-electron chi connectivity index (χ2n) is 4.45. The lowest BCUT2D eigenvalue weighted by Gasteiger charge is -2.02. The third-order valence-corrected chi connectivity index (χ3v) is 2.95. The predicted octanol–water partition coefficient (Wildman–Crippen LogP) is 2.74. The Labute approximate surface area is 104 Å². The quantitative estimate of drug-likeness (QED) is 0.710. The van der Waals surface area contributed by atoms with Crippen molar-refractivity contribution in [1.82, 2.24) is 15.0 Å². The fourth-order valence-electron chi connectivity index (χ4n) is 1.90. The van der Waals surface area contributed by atoms with E-state index in [4.69, 9.17) is 0 Å². The van der Waals surface area contributed by atoms with Crippen molar-refractivity contribution in [3.63, 3.8) is 0 Å². The van der Waals surface area contributed by atoms with Crippen LogP contribution in [0.5, 0.6) is 5.75 Å². The Balaban J connectivity index is 2.16. The molecule has 90 valence electrons. The topological polar surface area (TPSA) is 50.9 Å². The van der Waals surface area contributed by atoms with E-state index in [0.717, 1.165) is 27.8 Å². The summed E-state index contributed by atoms with van der Waals surface area (Å²) >= 11 is 0. The summed E-state index contributed by atoms with van der Waals surface area (Å²) in [5.41, 5.74) is 4.56. The minimum absolute atomic E-state index is 0.284. The molecule has 4 nitrogen and oxygen atoms in total. The van der Waals surface area contributed by atoms with Gasteiger partial charge in [-0.3, -0.25) is 0 Å². The van der Waals surface area contributed by atoms with Gasteiger partial charge in [0.1, 0.15) is 16.8 Å². The summed E-state index contributed by atoms with van der Waals surface area (Å²) < 4.78 is 0. The Bertz CT molecular complexity index is 731. The van der Waals surface area contributed by atoms with Gasteiger partial charge in [0.2, 0.25) is 0 Å². The van der Waals surface area contributed by atoms with Crippen LogP contribution in [0.15, 0.2) is 36.4 Å². The van der Waals surface area contributed by atoms with E-state index < -0.39 is 0 Å². The lowest BCUT2D eigenvalue weighted by molar-refractivity contribution is 0.471. The van der Waals surface area contributed by atoms with Gasteiger partial charge >= 0.3 is 0 Å². The Hall–Kier alpha value is -2.36. The molecule has 0 aliphatic carbocycles. The van der Waals surface area contributed by atoms with Gasteiger partial charge in [-0.1, -0.05) is 6.07 Å². The van der Waals surface area contributed by atoms with Crippen molar-refractivity contribution in [3.05, 3.63) is 47.5 Å². The molecule has 1 heterocycles. The van der Waals surface area contributed by atoms with E-state index >= 15 is 0 Å². The van der Waals surface area contributed by atoms with Crippen molar-refractivity contribution in [3.8, 4) is 11.4 Å². The number of benzene rings is 2. The van der Waals surface area contributed by atoms with E-state index in [1.165, 1.54) is 0 Å². The summed E-state index contributed by atoms with van der Waals surface area (Å²) in [5, 5.41) is 18.4. The van der Waals surface area contributed by atoms with Crippen molar-refractivity contribution in [1.29, 1.82) is 0 Å².